The highest BCUT2D eigenvalue weighted by Gasteiger charge is 2.42. The van der Waals surface area contributed by atoms with Crippen molar-refractivity contribution in [2.24, 2.45) is 11.7 Å². The highest BCUT2D eigenvalue weighted by Crippen LogP contribution is 2.41. The molecule has 3 unspecified atom stereocenters. The monoisotopic (exact) mass is 280 g/mol. The third-order valence-electron chi connectivity index (χ3n) is 5.95. The standard InChI is InChI=1S/C18H36N2/c1-3-4-5-6-7-13-18(2,15-19)20-14-9-11-16-10-8-12-17(16)20/h16-17H,3-15,19H2,1-2H3. The van der Waals surface area contributed by atoms with Gasteiger partial charge in [0.15, 0.2) is 0 Å². The summed E-state index contributed by atoms with van der Waals surface area (Å²) in [5.74, 6) is 0.981. The Kier molecular flexibility index (Phi) is 6.35. The van der Waals surface area contributed by atoms with E-state index in [0.717, 1.165) is 18.5 Å². The molecule has 0 aromatic carbocycles. The predicted octanol–water partition coefficient (Wildman–Crippen LogP) is 4.33. The first-order valence-electron chi connectivity index (χ1n) is 9.18. The summed E-state index contributed by atoms with van der Waals surface area (Å²) in [4.78, 5) is 2.83. The lowest BCUT2D eigenvalue weighted by Crippen LogP contribution is -2.58. The lowest BCUT2D eigenvalue weighted by molar-refractivity contribution is 0.00743. The van der Waals surface area contributed by atoms with E-state index < -0.39 is 0 Å². The highest BCUT2D eigenvalue weighted by atomic mass is 15.2. The van der Waals surface area contributed by atoms with Crippen LogP contribution in [-0.4, -0.2) is 29.6 Å². The Morgan fingerprint density at radius 1 is 1.05 bits per heavy atom. The lowest BCUT2D eigenvalue weighted by atomic mass is 9.84. The van der Waals surface area contributed by atoms with Gasteiger partial charge in [0, 0.05) is 18.1 Å². The summed E-state index contributed by atoms with van der Waals surface area (Å²) in [5, 5.41) is 0. The lowest BCUT2D eigenvalue weighted by Gasteiger charge is -2.49. The number of hydrogen-bond acceptors (Lipinski definition) is 2. The average molecular weight is 280 g/mol. The van der Waals surface area contributed by atoms with Crippen molar-refractivity contribution in [3.05, 3.63) is 0 Å². The third-order valence-corrected chi connectivity index (χ3v) is 5.95. The minimum Gasteiger partial charge on any atom is -0.329 e. The smallest absolute Gasteiger partial charge is 0.0306 e. The normalized spacial score (nSPS) is 30.1. The molecule has 1 heterocycles. The minimum absolute atomic E-state index is 0.264. The first-order valence-corrected chi connectivity index (χ1v) is 9.18. The SMILES string of the molecule is CCCCCCCC(C)(CN)N1CCCC2CCCC21. The van der Waals surface area contributed by atoms with Crippen molar-refractivity contribution in [2.75, 3.05) is 13.1 Å². The van der Waals surface area contributed by atoms with E-state index in [-0.39, 0.29) is 5.54 Å². The van der Waals surface area contributed by atoms with Gasteiger partial charge in [-0.2, -0.15) is 0 Å². The fourth-order valence-electron chi connectivity index (χ4n) is 4.60. The van der Waals surface area contributed by atoms with E-state index in [9.17, 15) is 0 Å². The fourth-order valence-corrected chi connectivity index (χ4v) is 4.60. The van der Waals surface area contributed by atoms with Crippen LogP contribution in [0.15, 0.2) is 0 Å². The van der Waals surface area contributed by atoms with Gasteiger partial charge in [-0.25, -0.2) is 0 Å². The molecule has 118 valence electrons. The number of nitrogens with zero attached hydrogens (tertiary/aromatic N) is 1. The van der Waals surface area contributed by atoms with E-state index in [1.54, 1.807) is 0 Å². The molecule has 2 rings (SSSR count). The van der Waals surface area contributed by atoms with Crippen molar-refractivity contribution in [2.45, 2.75) is 96.1 Å². The molecule has 1 saturated heterocycles. The van der Waals surface area contributed by atoms with Crippen LogP contribution in [0.25, 0.3) is 0 Å². The molecule has 2 fully saturated rings. The third kappa shape index (κ3) is 3.76. The van der Waals surface area contributed by atoms with Gasteiger partial charge in [0.25, 0.3) is 0 Å². The molecule has 0 aromatic heterocycles. The molecule has 1 aliphatic heterocycles. The van der Waals surface area contributed by atoms with Crippen LogP contribution in [0.5, 0.6) is 0 Å². The van der Waals surface area contributed by atoms with Crippen LogP contribution in [-0.2, 0) is 0 Å². The van der Waals surface area contributed by atoms with Gasteiger partial charge in [-0.15, -0.1) is 0 Å². The summed E-state index contributed by atoms with van der Waals surface area (Å²) < 4.78 is 0. The molecule has 20 heavy (non-hydrogen) atoms. The Labute approximate surface area is 126 Å². The predicted molar refractivity (Wildman–Crippen MR) is 87.9 cm³/mol. The number of hydrogen-bond donors (Lipinski definition) is 1. The zero-order valence-corrected chi connectivity index (χ0v) is 13.9. The van der Waals surface area contributed by atoms with Crippen LogP contribution in [0.2, 0.25) is 0 Å². The van der Waals surface area contributed by atoms with Gasteiger partial charge >= 0.3 is 0 Å². The Balaban J connectivity index is 1.87. The van der Waals surface area contributed by atoms with Crippen molar-refractivity contribution in [3.63, 3.8) is 0 Å². The van der Waals surface area contributed by atoms with Crippen LogP contribution in [0.4, 0.5) is 0 Å². The van der Waals surface area contributed by atoms with Crippen LogP contribution in [0.3, 0.4) is 0 Å². The largest absolute Gasteiger partial charge is 0.329 e. The molecule has 0 spiro atoms. The average Bonchev–Trinajstić information content (AvgIpc) is 2.95. The Morgan fingerprint density at radius 3 is 2.55 bits per heavy atom. The van der Waals surface area contributed by atoms with Gasteiger partial charge in [-0.3, -0.25) is 4.90 Å². The summed E-state index contributed by atoms with van der Waals surface area (Å²) in [6.45, 7) is 6.86. The van der Waals surface area contributed by atoms with E-state index in [1.165, 1.54) is 77.2 Å². The van der Waals surface area contributed by atoms with Crippen molar-refractivity contribution in [1.29, 1.82) is 0 Å². The summed E-state index contributed by atoms with van der Waals surface area (Å²) in [7, 11) is 0. The topological polar surface area (TPSA) is 29.3 Å². The van der Waals surface area contributed by atoms with Crippen molar-refractivity contribution in [3.8, 4) is 0 Å². The molecule has 1 saturated carbocycles. The van der Waals surface area contributed by atoms with E-state index in [4.69, 9.17) is 5.73 Å². The van der Waals surface area contributed by atoms with Crippen molar-refractivity contribution >= 4 is 0 Å². The van der Waals surface area contributed by atoms with E-state index in [0.29, 0.717) is 0 Å². The molecule has 3 atom stereocenters. The molecule has 0 aromatic rings. The number of fused-ring (bicyclic) bond motifs is 1. The molecule has 0 amide bonds. The number of unbranched alkanes of at least 4 members (excludes halogenated alkanes) is 4. The summed E-state index contributed by atoms with van der Waals surface area (Å²) in [5.41, 5.74) is 6.48. The van der Waals surface area contributed by atoms with Gasteiger partial charge < -0.3 is 5.73 Å². The molecule has 1 aliphatic carbocycles. The number of piperidine rings is 1. The Bertz CT molecular complexity index is 279. The Hall–Kier alpha value is -0.0800. The molecule has 0 bridgehead atoms. The van der Waals surface area contributed by atoms with Gasteiger partial charge in [-0.05, 0) is 51.5 Å². The molecule has 0 radical (unpaired) electrons. The second kappa shape index (κ2) is 7.79. The maximum atomic E-state index is 6.22. The number of rotatable bonds is 8. The molecular formula is C18H36N2. The first kappa shape index (κ1) is 16.3. The molecule has 2 aliphatic rings. The molecular weight excluding hydrogens is 244 g/mol. The molecule has 2 nitrogen and oxygen atoms in total. The van der Waals surface area contributed by atoms with Crippen LogP contribution in [0.1, 0.15) is 84.5 Å². The number of likely N-dealkylation sites (tertiary alicyclic amines) is 1. The van der Waals surface area contributed by atoms with Crippen LogP contribution < -0.4 is 5.73 Å². The second-order valence-electron chi connectivity index (χ2n) is 7.46. The molecule has 2 heteroatoms. The fraction of sp³-hybridized carbons (Fsp3) is 1.00. The number of nitrogens with two attached hydrogens (primary N) is 1. The van der Waals surface area contributed by atoms with Gasteiger partial charge in [0.1, 0.15) is 0 Å². The van der Waals surface area contributed by atoms with E-state index >= 15 is 0 Å². The van der Waals surface area contributed by atoms with Gasteiger partial charge in [0.05, 0.1) is 0 Å². The summed E-state index contributed by atoms with van der Waals surface area (Å²) in [6.07, 6.45) is 15.4. The summed E-state index contributed by atoms with van der Waals surface area (Å²) >= 11 is 0. The van der Waals surface area contributed by atoms with Crippen molar-refractivity contribution in [1.82, 2.24) is 4.90 Å². The quantitative estimate of drug-likeness (QED) is 0.671. The summed E-state index contributed by atoms with van der Waals surface area (Å²) in [6, 6.07) is 0.855. The van der Waals surface area contributed by atoms with Crippen molar-refractivity contribution < 1.29 is 0 Å². The van der Waals surface area contributed by atoms with E-state index in [2.05, 4.69) is 18.7 Å². The second-order valence-corrected chi connectivity index (χ2v) is 7.46. The molecule has 2 N–H and O–H groups in total. The van der Waals surface area contributed by atoms with E-state index in [1.807, 2.05) is 0 Å². The van der Waals surface area contributed by atoms with Crippen LogP contribution in [0, 0.1) is 5.92 Å². The first-order chi connectivity index (χ1) is 9.71. The Morgan fingerprint density at radius 2 is 1.80 bits per heavy atom. The maximum absolute atomic E-state index is 6.22. The minimum atomic E-state index is 0.264. The zero-order valence-electron chi connectivity index (χ0n) is 13.9. The van der Waals surface area contributed by atoms with Gasteiger partial charge in [-0.1, -0.05) is 45.4 Å². The maximum Gasteiger partial charge on any atom is 0.0306 e. The van der Waals surface area contributed by atoms with Crippen LogP contribution >= 0.6 is 0 Å². The highest BCUT2D eigenvalue weighted by molar-refractivity contribution is 4.98. The zero-order chi connectivity index (χ0) is 14.4. The van der Waals surface area contributed by atoms with Gasteiger partial charge in [0.2, 0.25) is 0 Å².